The van der Waals surface area contributed by atoms with Gasteiger partial charge in [-0.1, -0.05) is 75.9 Å². The number of nitrogens with one attached hydrogen (secondary N) is 1. The first kappa shape index (κ1) is 21.7. The average molecular weight is 361 g/mol. The maximum atomic E-state index is 12.2. The predicted molar refractivity (Wildman–Crippen MR) is 103 cm³/mol. The molecule has 1 aromatic rings. The molecule has 0 aliphatic rings. The molecule has 0 aliphatic heterocycles. The third-order valence-electron chi connectivity index (χ3n) is 4.07. The van der Waals surface area contributed by atoms with Gasteiger partial charge < -0.3 is 14.8 Å². The Bertz CT molecular complexity index is 544. The number of rotatable bonds is 12. The van der Waals surface area contributed by atoms with Crippen molar-refractivity contribution < 1.29 is 19.1 Å². The highest BCUT2D eigenvalue weighted by Gasteiger charge is 2.23. The third-order valence-corrected chi connectivity index (χ3v) is 4.07. The summed E-state index contributed by atoms with van der Waals surface area (Å²) in [6, 6.07) is 9.13. The number of benzene rings is 1. The fraction of sp³-hybridized carbons (Fsp3) is 0.524. The molecule has 0 saturated heterocycles. The van der Waals surface area contributed by atoms with E-state index in [1.165, 1.54) is 19.8 Å². The Kier molecular flexibility index (Phi) is 10.9. The summed E-state index contributed by atoms with van der Waals surface area (Å²) in [6.07, 6.45) is 6.72. The zero-order valence-electron chi connectivity index (χ0n) is 15.9. The second-order valence-corrected chi connectivity index (χ2v) is 6.33. The number of hydrogen-bond acceptors (Lipinski definition) is 4. The monoisotopic (exact) mass is 361 g/mol. The number of alkyl carbamates (subject to hydrolysis) is 1. The van der Waals surface area contributed by atoms with Crippen LogP contribution in [0.2, 0.25) is 0 Å². The summed E-state index contributed by atoms with van der Waals surface area (Å²) in [5.41, 5.74) is 0.916. The Morgan fingerprint density at radius 1 is 1.15 bits per heavy atom. The summed E-state index contributed by atoms with van der Waals surface area (Å²) >= 11 is 0. The Morgan fingerprint density at radius 3 is 2.46 bits per heavy atom. The second-order valence-electron chi connectivity index (χ2n) is 6.33. The van der Waals surface area contributed by atoms with Gasteiger partial charge >= 0.3 is 12.1 Å². The van der Waals surface area contributed by atoms with Gasteiger partial charge in [-0.15, -0.1) is 0 Å². The van der Waals surface area contributed by atoms with Gasteiger partial charge in [-0.3, -0.25) is 4.79 Å². The minimum absolute atomic E-state index is 0.197. The highest BCUT2D eigenvalue weighted by Crippen LogP contribution is 2.13. The van der Waals surface area contributed by atoms with Gasteiger partial charge in [0, 0.05) is 6.92 Å². The van der Waals surface area contributed by atoms with Gasteiger partial charge in [-0.2, -0.15) is 0 Å². The smallest absolute Gasteiger partial charge is 0.407 e. The molecule has 0 spiro atoms. The molecule has 5 heteroatoms. The van der Waals surface area contributed by atoms with E-state index in [1.54, 1.807) is 6.08 Å². The van der Waals surface area contributed by atoms with Crippen LogP contribution in [0.1, 0.15) is 57.9 Å². The Morgan fingerprint density at radius 2 is 1.85 bits per heavy atom. The largest absolute Gasteiger partial charge is 0.456 e. The Hall–Kier alpha value is -2.30. The van der Waals surface area contributed by atoms with Gasteiger partial charge in [-0.25, -0.2) is 4.79 Å². The molecule has 1 rings (SSSR count). The van der Waals surface area contributed by atoms with Crippen molar-refractivity contribution in [1.29, 1.82) is 0 Å². The number of carbonyl (C=O) groups is 2. The summed E-state index contributed by atoms with van der Waals surface area (Å²) in [5, 5.41) is 2.82. The van der Waals surface area contributed by atoms with E-state index >= 15 is 0 Å². The maximum Gasteiger partial charge on any atom is 0.407 e. The number of esters is 1. The van der Waals surface area contributed by atoms with Crippen LogP contribution < -0.4 is 5.32 Å². The van der Waals surface area contributed by atoms with Crippen molar-refractivity contribution in [2.75, 3.05) is 0 Å². The van der Waals surface area contributed by atoms with E-state index < -0.39 is 18.2 Å². The first-order valence-electron chi connectivity index (χ1n) is 9.33. The second kappa shape index (κ2) is 13.0. The van der Waals surface area contributed by atoms with Crippen LogP contribution in [0.15, 0.2) is 43.0 Å². The van der Waals surface area contributed by atoms with Gasteiger partial charge in [0.15, 0.2) is 0 Å². The zero-order valence-corrected chi connectivity index (χ0v) is 15.9. The zero-order chi connectivity index (χ0) is 19.2. The minimum Gasteiger partial charge on any atom is -0.456 e. The van der Waals surface area contributed by atoms with E-state index in [1.807, 2.05) is 30.3 Å². The van der Waals surface area contributed by atoms with Crippen LogP contribution >= 0.6 is 0 Å². The van der Waals surface area contributed by atoms with Crippen LogP contribution in [0.3, 0.4) is 0 Å². The molecule has 2 atom stereocenters. The van der Waals surface area contributed by atoms with Crippen LogP contribution in [-0.4, -0.2) is 24.2 Å². The fourth-order valence-corrected chi connectivity index (χ4v) is 2.69. The molecule has 0 aromatic heterocycles. The van der Waals surface area contributed by atoms with Gasteiger partial charge in [0.1, 0.15) is 12.7 Å². The summed E-state index contributed by atoms with van der Waals surface area (Å²) in [4.78, 5) is 23.5. The highest BCUT2D eigenvalue weighted by molar-refractivity contribution is 5.68. The summed E-state index contributed by atoms with van der Waals surface area (Å²) < 4.78 is 10.6. The van der Waals surface area contributed by atoms with Gasteiger partial charge in [0.05, 0.1) is 6.04 Å². The van der Waals surface area contributed by atoms with Crippen molar-refractivity contribution in [2.24, 2.45) is 0 Å². The van der Waals surface area contributed by atoms with Crippen LogP contribution in [0.4, 0.5) is 4.79 Å². The van der Waals surface area contributed by atoms with Crippen LogP contribution in [0, 0.1) is 0 Å². The van der Waals surface area contributed by atoms with Crippen molar-refractivity contribution >= 4 is 12.1 Å². The lowest BCUT2D eigenvalue weighted by atomic mass is 10.0. The van der Waals surface area contributed by atoms with Crippen molar-refractivity contribution in [1.82, 2.24) is 5.32 Å². The quantitative estimate of drug-likeness (QED) is 0.331. The molecule has 1 N–H and O–H groups in total. The molecule has 5 nitrogen and oxygen atoms in total. The number of amides is 1. The summed E-state index contributed by atoms with van der Waals surface area (Å²) in [6.45, 7) is 7.44. The average Bonchev–Trinajstić information content (AvgIpc) is 2.64. The summed E-state index contributed by atoms with van der Waals surface area (Å²) in [7, 11) is 0. The first-order valence-corrected chi connectivity index (χ1v) is 9.33. The van der Waals surface area contributed by atoms with E-state index in [0.717, 1.165) is 24.8 Å². The lowest BCUT2D eigenvalue weighted by Gasteiger charge is -2.25. The molecule has 0 fully saturated rings. The topological polar surface area (TPSA) is 64.6 Å². The summed E-state index contributed by atoms with van der Waals surface area (Å²) in [5.74, 6) is -0.398. The lowest BCUT2D eigenvalue weighted by molar-refractivity contribution is -0.145. The molecule has 0 aliphatic carbocycles. The molecule has 0 bridgehead atoms. The number of carbonyl (C=O) groups excluding carboxylic acids is 2. The van der Waals surface area contributed by atoms with Crippen molar-refractivity contribution in [3.63, 3.8) is 0 Å². The molecule has 144 valence electrons. The standard InChI is InChI=1S/C21H31NO4/c1-4-6-7-8-12-15-19(20(5-2)26-17(3)23)22-21(24)25-16-18-13-10-9-11-14-18/h5,9-11,13-14,19-20H,2,4,6-8,12,15-16H2,1,3H3,(H,22,24)/t19-,20+/m1/s1. The Labute approximate surface area is 156 Å². The van der Waals surface area contributed by atoms with Crippen molar-refractivity contribution in [2.45, 2.75) is 71.1 Å². The van der Waals surface area contributed by atoms with E-state index in [4.69, 9.17) is 9.47 Å². The molecule has 0 radical (unpaired) electrons. The normalized spacial score (nSPS) is 12.7. The van der Waals surface area contributed by atoms with E-state index in [9.17, 15) is 9.59 Å². The lowest BCUT2D eigenvalue weighted by Crippen LogP contribution is -2.44. The SMILES string of the molecule is C=C[C@H](OC(C)=O)[C@@H](CCCCCCC)NC(=O)OCc1ccccc1. The van der Waals surface area contributed by atoms with Crippen molar-refractivity contribution in [3.05, 3.63) is 48.6 Å². The highest BCUT2D eigenvalue weighted by atomic mass is 16.6. The molecule has 0 saturated carbocycles. The molecule has 1 aromatic carbocycles. The number of hydrogen-bond donors (Lipinski definition) is 1. The molecular weight excluding hydrogens is 330 g/mol. The number of ether oxygens (including phenoxy) is 2. The van der Waals surface area contributed by atoms with Gasteiger partial charge in [0.25, 0.3) is 0 Å². The molecule has 1 amide bonds. The van der Waals surface area contributed by atoms with E-state index in [0.29, 0.717) is 6.42 Å². The fourth-order valence-electron chi connectivity index (χ4n) is 2.69. The maximum absolute atomic E-state index is 12.2. The number of unbranched alkanes of at least 4 members (excludes halogenated alkanes) is 4. The Balaban J connectivity index is 2.56. The van der Waals surface area contributed by atoms with Gasteiger partial charge in [-0.05, 0) is 18.1 Å². The molecule has 0 unspecified atom stereocenters. The third kappa shape index (κ3) is 9.25. The van der Waals surface area contributed by atoms with Crippen LogP contribution in [0.5, 0.6) is 0 Å². The first-order chi connectivity index (χ1) is 12.6. The van der Waals surface area contributed by atoms with E-state index in [-0.39, 0.29) is 12.6 Å². The minimum atomic E-state index is -0.567. The van der Waals surface area contributed by atoms with Gasteiger partial charge in [0.2, 0.25) is 0 Å². The van der Waals surface area contributed by atoms with E-state index in [2.05, 4.69) is 18.8 Å². The van der Waals surface area contributed by atoms with Crippen molar-refractivity contribution in [3.8, 4) is 0 Å². The van der Waals surface area contributed by atoms with Crippen LogP contribution in [-0.2, 0) is 20.9 Å². The predicted octanol–water partition coefficient (Wildman–Crippen LogP) is 4.76. The molecular formula is C21H31NO4. The molecule has 0 heterocycles. The molecule has 26 heavy (non-hydrogen) atoms. The van der Waals surface area contributed by atoms with Crippen LogP contribution in [0.25, 0.3) is 0 Å².